The van der Waals surface area contributed by atoms with Crippen LogP contribution in [-0.2, 0) is 15.6 Å². The molecule has 3 heteroatoms. The Bertz CT molecular complexity index is 446. The van der Waals surface area contributed by atoms with Gasteiger partial charge in [-0.15, -0.1) is 0 Å². The molecule has 1 unspecified atom stereocenters. The van der Waals surface area contributed by atoms with Gasteiger partial charge < -0.3 is 9.84 Å². The molecule has 2 nitrogen and oxygen atoms in total. The first-order valence-electron chi connectivity index (χ1n) is 7.49. The minimum absolute atomic E-state index is 0.0892. The summed E-state index contributed by atoms with van der Waals surface area (Å²) in [5, 5.41) is 10.7. The van der Waals surface area contributed by atoms with E-state index < -0.39 is 0 Å². The molecule has 1 rings (SSSR count). The van der Waals surface area contributed by atoms with Crippen LogP contribution in [0.2, 0.25) is 0 Å². The molecule has 120 valence electrons. The van der Waals surface area contributed by atoms with Gasteiger partial charge in [-0.2, -0.15) is 0 Å². The predicted molar refractivity (Wildman–Crippen MR) is 93.7 cm³/mol. The van der Waals surface area contributed by atoms with Crippen LogP contribution in [0.5, 0.6) is 5.75 Å². The average molecular weight is 357 g/mol. The second-order valence-corrected chi connectivity index (χ2v) is 8.82. The standard InChI is InChI=1S/C18H29BrO2/c1-17(2,3)13-10-12(15(19)8-9-21-7)11-14(16(13)20)18(4,5)6/h10-11,15,20H,8-9H2,1-7H3. The number of ether oxygens (including phenoxy) is 1. The summed E-state index contributed by atoms with van der Waals surface area (Å²) in [6.07, 6.45) is 0.911. The molecule has 21 heavy (non-hydrogen) atoms. The van der Waals surface area contributed by atoms with Crippen molar-refractivity contribution in [2.24, 2.45) is 0 Å². The van der Waals surface area contributed by atoms with Crippen molar-refractivity contribution in [3.8, 4) is 5.75 Å². The van der Waals surface area contributed by atoms with Crippen molar-refractivity contribution in [1.29, 1.82) is 0 Å². The molecule has 0 aliphatic carbocycles. The highest BCUT2D eigenvalue weighted by Gasteiger charge is 2.27. The normalized spacial score (nSPS) is 14.3. The van der Waals surface area contributed by atoms with Gasteiger partial charge in [-0.1, -0.05) is 69.6 Å². The number of hydrogen-bond donors (Lipinski definition) is 1. The molecule has 0 radical (unpaired) electrons. The third kappa shape index (κ3) is 4.72. The molecular weight excluding hydrogens is 328 g/mol. The number of aromatic hydroxyl groups is 1. The maximum atomic E-state index is 10.7. The Hall–Kier alpha value is -0.540. The Morgan fingerprint density at radius 1 is 1.05 bits per heavy atom. The van der Waals surface area contributed by atoms with Crippen LogP contribution in [0.25, 0.3) is 0 Å². The fourth-order valence-electron chi connectivity index (χ4n) is 2.37. The summed E-state index contributed by atoms with van der Waals surface area (Å²) in [5.74, 6) is 0.435. The molecule has 0 aliphatic heterocycles. The summed E-state index contributed by atoms with van der Waals surface area (Å²) >= 11 is 3.75. The Morgan fingerprint density at radius 2 is 1.48 bits per heavy atom. The quantitative estimate of drug-likeness (QED) is 0.725. The van der Waals surface area contributed by atoms with Gasteiger partial charge in [0.05, 0.1) is 0 Å². The lowest BCUT2D eigenvalue weighted by Crippen LogP contribution is -2.18. The second-order valence-electron chi connectivity index (χ2n) is 7.71. The summed E-state index contributed by atoms with van der Waals surface area (Å²) in [5.41, 5.74) is 3.04. The van der Waals surface area contributed by atoms with Gasteiger partial charge in [-0.3, -0.25) is 0 Å². The third-order valence-electron chi connectivity index (χ3n) is 3.69. The van der Waals surface area contributed by atoms with E-state index in [1.165, 1.54) is 5.56 Å². The molecular formula is C18H29BrO2. The maximum Gasteiger partial charge on any atom is 0.123 e. The topological polar surface area (TPSA) is 29.5 Å². The number of phenolic OH excluding ortho intramolecular Hbond substituents is 1. The van der Waals surface area contributed by atoms with Crippen molar-refractivity contribution < 1.29 is 9.84 Å². The lowest BCUT2D eigenvalue weighted by Gasteiger charge is -2.29. The van der Waals surface area contributed by atoms with E-state index in [0.29, 0.717) is 12.4 Å². The highest BCUT2D eigenvalue weighted by Crippen LogP contribution is 2.42. The zero-order valence-corrected chi connectivity index (χ0v) is 16.0. The van der Waals surface area contributed by atoms with Crippen molar-refractivity contribution in [1.82, 2.24) is 0 Å². The molecule has 1 aromatic carbocycles. The van der Waals surface area contributed by atoms with Crippen LogP contribution in [0.15, 0.2) is 12.1 Å². The molecule has 0 aliphatic rings. The van der Waals surface area contributed by atoms with E-state index in [2.05, 4.69) is 69.6 Å². The monoisotopic (exact) mass is 356 g/mol. The highest BCUT2D eigenvalue weighted by molar-refractivity contribution is 9.09. The second kappa shape index (κ2) is 6.70. The molecule has 0 amide bonds. The average Bonchev–Trinajstić information content (AvgIpc) is 2.33. The number of methoxy groups -OCH3 is 1. The first-order valence-corrected chi connectivity index (χ1v) is 8.41. The van der Waals surface area contributed by atoms with Crippen molar-refractivity contribution in [3.63, 3.8) is 0 Å². The molecule has 1 aromatic rings. The first-order chi connectivity index (χ1) is 9.48. The van der Waals surface area contributed by atoms with Crippen molar-refractivity contribution >= 4 is 15.9 Å². The van der Waals surface area contributed by atoms with E-state index in [9.17, 15) is 5.11 Å². The summed E-state index contributed by atoms with van der Waals surface area (Å²) < 4.78 is 5.17. The minimum Gasteiger partial charge on any atom is -0.507 e. The molecule has 0 bridgehead atoms. The number of phenols is 1. The number of hydrogen-bond acceptors (Lipinski definition) is 2. The van der Waals surface area contributed by atoms with Crippen LogP contribution in [0, 0.1) is 0 Å². The summed E-state index contributed by atoms with van der Waals surface area (Å²) in [6.45, 7) is 13.5. The van der Waals surface area contributed by atoms with Gasteiger partial charge in [0, 0.05) is 18.5 Å². The predicted octanol–water partition coefficient (Wildman–Crippen LogP) is 5.46. The molecule has 0 spiro atoms. The van der Waals surface area contributed by atoms with Crippen LogP contribution in [0.1, 0.15) is 69.5 Å². The molecule has 0 saturated carbocycles. The van der Waals surface area contributed by atoms with E-state index in [-0.39, 0.29) is 15.7 Å². The van der Waals surface area contributed by atoms with E-state index >= 15 is 0 Å². The Kier molecular flexibility index (Phi) is 5.91. The number of alkyl halides is 1. The smallest absolute Gasteiger partial charge is 0.123 e. The summed E-state index contributed by atoms with van der Waals surface area (Å²) in [7, 11) is 1.72. The molecule has 1 atom stereocenters. The highest BCUT2D eigenvalue weighted by atomic mass is 79.9. The lowest BCUT2D eigenvalue weighted by atomic mass is 9.78. The van der Waals surface area contributed by atoms with Gasteiger partial charge in [0.15, 0.2) is 0 Å². The van der Waals surface area contributed by atoms with E-state index in [1.807, 2.05) is 0 Å². The van der Waals surface area contributed by atoms with Gasteiger partial charge in [0.1, 0.15) is 5.75 Å². The van der Waals surface area contributed by atoms with Crippen LogP contribution >= 0.6 is 15.9 Å². The van der Waals surface area contributed by atoms with Crippen LogP contribution in [0.3, 0.4) is 0 Å². The minimum atomic E-state index is -0.0892. The lowest BCUT2D eigenvalue weighted by molar-refractivity contribution is 0.195. The molecule has 0 heterocycles. The first kappa shape index (κ1) is 18.5. The molecule has 1 N–H and O–H groups in total. The van der Waals surface area contributed by atoms with Crippen molar-refractivity contribution in [2.45, 2.75) is 63.6 Å². The summed E-state index contributed by atoms with van der Waals surface area (Å²) in [6, 6.07) is 4.25. The Morgan fingerprint density at radius 3 is 1.81 bits per heavy atom. The number of rotatable bonds is 4. The van der Waals surface area contributed by atoms with Gasteiger partial charge in [-0.05, 0) is 33.9 Å². The van der Waals surface area contributed by atoms with Gasteiger partial charge in [0.25, 0.3) is 0 Å². The van der Waals surface area contributed by atoms with Crippen molar-refractivity contribution in [3.05, 3.63) is 28.8 Å². The summed E-state index contributed by atoms with van der Waals surface area (Å²) in [4.78, 5) is 0.236. The van der Waals surface area contributed by atoms with E-state index in [4.69, 9.17) is 4.74 Å². The number of halogens is 1. The number of benzene rings is 1. The largest absolute Gasteiger partial charge is 0.507 e. The van der Waals surface area contributed by atoms with Gasteiger partial charge in [0.2, 0.25) is 0 Å². The Labute approximate surface area is 138 Å². The molecule has 0 saturated heterocycles. The zero-order chi connectivity index (χ0) is 16.4. The fourth-order valence-corrected chi connectivity index (χ4v) is 2.82. The fraction of sp³-hybridized carbons (Fsp3) is 0.667. The molecule has 0 fully saturated rings. The van der Waals surface area contributed by atoms with E-state index in [0.717, 1.165) is 17.5 Å². The van der Waals surface area contributed by atoms with Crippen molar-refractivity contribution in [2.75, 3.05) is 13.7 Å². The molecule has 0 aromatic heterocycles. The van der Waals surface area contributed by atoms with Gasteiger partial charge in [-0.25, -0.2) is 0 Å². The van der Waals surface area contributed by atoms with E-state index in [1.54, 1.807) is 7.11 Å². The maximum absolute atomic E-state index is 10.7. The SMILES string of the molecule is COCCC(Br)c1cc(C(C)(C)C)c(O)c(C(C)(C)C)c1. The van der Waals surface area contributed by atoms with Crippen LogP contribution in [0.4, 0.5) is 0 Å². The van der Waals surface area contributed by atoms with Crippen LogP contribution < -0.4 is 0 Å². The zero-order valence-electron chi connectivity index (χ0n) is 14.4. The van der Waals surface area contributed by atoms with Crippen LogP contribution in [-0.4, -0.2) is 18.8 Å². The Balaban J connectivity index is 3.40. The van der Waals surface area contributed by atoms with Gasteiger partial charge >= 0.3 is 0 Å². The third-order valence-corrected chi connectivity index (χ3v) is 4.67.